The standard InChI is InChI=1S/C23H16BrNO2/c1-25-19-14-8-6-12-17(19)20(16-11-5-7-13-18(16)24)21(23(25)27)22(26)15-9-3-2-4-10-15/h2-14H,1H3. The molecule has 1 aromatic heterocycles. The van der Waals surface area contributed by atoms with E-state index in [4.69, 9.17) is 0 Å². The van der Waals surface area contributed by atoms with E-state index < -0.39 is 0 Å². The van der Waals surface area contributed by atoms with Gasteiger partial charge in [0.25, 0.3) is 5.56 Å². The maximum Gasteiger partial charge on any atom is 0.262 e. The minimum absolute atomic E-state index is 0.189. The molecule has 132 valence electrons. The number of carbonyl (C=O) groups is 1. The zero-order valence-corrected chi connectivity index (χ0v) is 16.2. The Hall–Kier alpha value is -2.98. The predicted molar refractivity (Wildman–Crippen MR) is 112 cm³/mol. The molecule has 0 radical (unpaired) electrons. The maximum atomic E-state index is 13.3. The van der Waals surface area contributed by atoms with Crippen molar-refractivity contribution in [2.24, 2.45) is 7.05 Å². The lowest BCUT2D eigenvalue weighted by Gasteiger charge is -2.16. The number of halogens is 1. The molecule has 1 heterocycles. The zero-order valence-electron chi connectivity index (χ0n) is 14.6. The third-order valence-corrected chi connectivity index (χ3v) is 5.40. The number of nitrogens with zero attached hydrogens (tertiary/aromatic N) is 1. The molecule has 0 aliphatic rings. The fourth-order valence-corrected chi connectivity index (χ4v) is 3.87. The van der Waals surface area contributed by atoms with Crippen molar-refractivity contribution < 1.29 is 4.79 Å². The summed E-state index contributed by atoms with van der Waals surface area (Å²) in [6.45, 7) is 0. The van der Waals surface area contributed by atoms with Gasteiger partial charge in [0.2, 0.25) is 0 Å². The highest BCUT2D eigenvalue weighted by molar-refractivity contribution is 9.10. The minimum Gasteiger partial charge on any atom is -0.311 e. The first-order chi connectivity index (χ1) is 13.1. The fourth-order valence-electron chi connectivity index (χ4n) is 3.38. The van der Waals surface area contributed by atoms with Crippen LogP contribution in [-0.4, -0.2) is 10.4 Å². The molecule has 0 aliphatic heterocycles. The van der Waals surface area contributed by atoms with Crippen LogP contribution in [-0.2, 0) is 7.05 Å². The van der Waals surface area contributed by atoms with Crippen LogP contribution in [0.3, 0.4) is 0 Å². The third kappa shape index (κ3) is 2.92. The molecule has 0 bridgehead atoms. The van der Waals surface area contributed by atoms with Crippen LogP contribution in [0.15, 0.2) is 88.1 Å². The summed E-state index contributed by atoms with van der Waals surface area (Å²) in [7, 11) is 1.70. The molecule has 0 N–H and O–H groups in total. The van der Waals surface area contributed by atoms with Crippen molar-refractivity contribution in [1.29, 1.82) is 0 Å². The number of carbonyl (C=O) groups excluding carboxylic acids is 1. The van der Waals surface area contributed by atoms with Gasteiger partial charge < -0.3 is 4.57 Å². The minimum atomic E-state index is -0.298. The first-order valence-electron chi connectivity index (χ1n) is 8.56. The highest BCUT2D eigenvalue weighted by Gasteiger charge is 2.24. The third-order valence-electron chi connectivity index (χ3n) is 4.71. The maximum absolute atomic E-state index is 13.3. The van der Waals surface area contributed by atoms with E-state index in [1.54, 1.807) is 35.9 Å². The topological polar surface area (TPSA) is 39.1 Å². The van der Waals surface area contributed by atoms with E-state index in [0.29, 0.717) is 11.1 Å². The Labute approximate surface area is 165 Å². The smallest absolute Gasteiger partial charge is 0.262 e. The van der Waals surface area contributed by atoms with E-state index in [9.17, 15) is 9.59 Å². The lowest BCUT2D eigenvalue weighted by Crippen LogP contribution is -2.26. The molecule has 4 aromatic rings. The second-order valence-electron chi connectivity index (χ2n) is 6.31. The van der Waals surface area contributed by atoms with E-state index in [2.05, 4.69) is 15.9 Å². The van der Waals surface area contributed by atoms with Crippen molar-refractivity contribution >= 4 is 32.6 Å². The highest BCUT2D eigenvalue weighted by atomic mass is 79.9. The second-order valence-corrected chi connectivity index (χ2v) is 7.16. The van der Waals surface area contributed by atoms with E-state index in [-0.39, 0.29) is 16.9 Å². The molecule has 0 amide bonds. The number of hydrogen-bond acceptors (Lipinski definition) is 2. The van der Waals surface area contributed by atoms with Gasteiger partial charge in [-0.3, -0.25) is 9.59 Å². The molecular weight excluding hydrogens is 402 g/mol. The molecule has 0 fully saturated rings. The van der Waals surface area contributed by atoms with Crippen molar-refractivity contribution in [3.8, 4) is 11.1 Å². The molecule has 3 aromatic carbocycles. The highest BCUT2D eigenvalue weighted by Crippen LogP contribution is 2.35. The predicted octanol–water partition coefficient (Wildman–Crippen LogP) is 5.20. The van der Waals surface area contributed by atoms with Crippen LogP contribution in [0.1, 0.15) is 15.9 Å². The van der Waals surface area contributed by atoms with Crippen molar-refractivity contribution in [2.45, 2.75) is 0 Å². The summed E-state index contributed by atoms with van der Waals surface area (Å²) in [5.41, 5.74) is 2.67. The van der Waals surface area contributed by atoms with Gasteiger partial charge in [-0.15, -0.1) is 0 Å². The zero-order chi connectivity index (χ0) is 19.0. The number of ketones is 1. The number of hydrogen-bond donors (Lipinski definition) is 0. The molecule has 0 aliphatic carbocycles. The van der Waals surface area contributed by atoms with Crippen LogP contribution in [0.5, 0.6) is 0 Å². The number of rotatable bonds is 3. The van der Waals surface area contributed by atoms with Crippen molar-refractivity contribution in [2.75, 3.05) is 0 Å². The molecule has 4 rings (SSSR count). The molecule has 27 heavy (non-hydrogen) atoms. The Morgan fingerprint density at radius 3 is 2.22 bits per heavy atom. The fraction of sp³-hybridized carbons (Fsp3) is 0.0435. The van der Waals surface area contributed by atoms with E-state index >= 15 is 0 Å². The van der Waals surface area contributed by atoms with E-state index in [1.165, 1.54) is 0 Å². The Balaban J connectivity index is 2.17. The normalized spacial score (nSPS) is 10.9. The molecular formula is C23H16BrNO2. The summed E-state index contributed by atoms with van der Waals surface area (Å²) < 4.78 is 2.39. The summed E-state index contributed by atoms with van der Waals surface area (Å²) in [4.78, 5) is 26.6. The SMILES string of the molecule is Cn1c(=O)c(C(=O)c2ccccc2)c(-c2ccccc2Br)c2ccccc21. The average molecular weight is 418 g/mol. The number of pyridine rings is 1. The summed E-state index contributed by atoms with van der Waals surface area (Å²) in [6, 6.07) is 24.2. The van der Waals surface area contributed by atoms with Crippen LogP contribution < -0.4 is 5.56 Å². The van der Waals surface area contributed by atoms with Crippen molar-refractivity contribution in [3.63, 3.8) is 0 Å². The second kappa shape index (κ2) is 6.97. The lowest BCUT2D eigenvalue weighted by atomic mass is 9.91. The van der Waals surface area contributed by atoms with E-state index in [0.717, 1.165) is 20.9 Å². The van der Waals surface area contributed by atoms with Gasteiger partial charge in [-0.05, 0) is 17.7 Å². The Kier molecular flexibility index (Phi) is 4.50. The summed E-state index contributed by atoms with van der Waals surface area (Å²) in [5.74, 6) is -0.271. The van der Waals surface area contributed by atoms with Crippen molar-refractivity contribution in [1.82, 2.24) is 4.57 Å². The number of fused-ring (bicyclic) bond motifs is 1. The van der Waals surface area contributed by atoms with Gasteiger partial charge in [-0.2, -0.15) is 0 Å². The van der Waals surface area contributed by atoms with Crippen molar-refractivity contribution in [3.05, 3.63) is 105 Å². The van der Waals surface area contributed by atoms with Crippen LogP contribution in [0.4, 0.5) is 0 Å². The lowest BCUT2D eigenvalue weighted by molar-refractivity contribution is 0.103. The molecule has 0 unspecified atom stereocenters. The first kappa shape index (κ1) is 17.4. The van der Waals surface area contributed by atoms with E-state index in [1.807, 2.05) is 54.6 Å². The van der Waals surface area contributed by atoms with Gasteiger partial charge in [0.15, 0.2) is 5.78 Å². The van der Waals surface area contributed by atoms with Gasteiger partial charge in [0, 0.05) is 28.0 Å². The van der Waals surface area contributed by atoms with Crippen LogP contribution in [0.25, 0.3) is 22.0 Å². The molecule has 0 saturated heterocycles. The summed E-state index contributed by atoms with van der Waals surface area (Å²) in [6.07, 6.45) is 0. The van der Waals surface area contributed by atoms with Crippen LogP contribution in [0, 0.1) is 0 Å². The molecule has 0 saturated carbocycles. The summed E-state index contributed by atoms with van der Waals surface area (Å²) >= 11 is 3.58. The van der Waals surface area contributed by atoms with Gasteiger partial charge in [-0.25, -0.2) is 0 Å². The quantitative estimate of drug-likeness (QED) is 0.429. The Morgan fingerprint density at radius 2 is 1.48 bits per heavy atom. The monoisotopic (exact) mass is 417 g/mol. The number of aromatic nitrogens is 1. The average Bonchev–Trinajstić information content (AvgIpc) is 2.71. The Bertz CT molecular complexity index is 1230. The molecule has 0 spiro atoms. The first-order valence-corrected chi connectivity index (χ1v) is 9.35. The molecule has 0 atom stereocenters. The van der Waals surface area contributed by atoms with Crippen LogP contribution in [0.2, 0.25) is 0 Å². The molecule has 4 heteroatoms. The largest absolute Gasteiger partial charge is 0.311 e. The van der Waals surface area contributed by atoms with Gasteiger partial charge in [0.1, 0.15) is 0 Å². The molecule has 3 nitrogen and oxygen atoms in total. The van der Waals surface area contributed by atoms with Crippen LogP contribution >= 0.6 is 15.9 Å². The van der Waals surface area contributed by atoms with Gasteiger partial charge in [-0.1, -0.05) is 82.7 Å². The Morgan fingerprint density at radius 1 is 0.852 bits per heavy atom. The summed E-state index contributed by atoms with van der Waals surface area (Å²) in [5, 5.41) is 0.866. The number of para-hydroxylation sites is 1. The van der Waals surface area contributed by atoms with Gasteiger partial charge in [0.05, 0.1) is 11.1 Å². The number of aryl methyl sites for hydroxylation is 1. The van der Waals surface area contributed by atoms with Gasteiger partial charge >= 0.3 is 0 Å². The number of benzene rings is 3.